The smallest absolute Gasteiger partial charge is 0.158 e. The van der Waals surface area contributed by atoms with Crippen molar-refractivity contribution >= 4 is 30.2 Å². The topological polar surface area (TPSA) is 18.1 Å². The Hall–Kier alpha value is -1.48. The van der Waals surface area contributed by atoms with Crippen LogP contribution >= 0.6 is 0 Å². The molecule has 0 aliphatic heterocycles. The van der Waals surface area contributed by atoms with E-state index in [1.54, 1.807) is 6.26 Å². The number of para-hydroxylation sites is 1. The van der Waals surface area contributed by atoms with Crippen LogP contribution in [0.25, 0.3) is 22.0 Å². The third-order valence-electron chi connectivity index (χ3n) is 2.95. The van der Waals surface area contributed by atoms with E-state index in [0.29, 0.717) is 0 Å². The SMILES string of the molecule is C[Si](C)(C)n1c2ccccc2c2occc21. The summed E-state index contributed by atoms with van der Waals surface area (Å²) in [5.41, 5.74) is 3.56. The molecular formula is C13H15NOSi. The van der Waals surface area contributed by atoms with Crippen LogP contribution in [0, 0.1) is 0 Å². The van der Waals surface area contributed by atoms with Crippen LogP contribution in [0.4, 0.5) is 0 Å². The van der Waals surface area contributed by atoms with Gasteiger partial charge in [-0.05, 0) is 12.1 Å². The third-order valence-corrected chi connectivity index (χ3v) is 4.77. The van der Waals surface area contributed by atoms with Crippen LogP contribution < -0.4 is 0 Å². The molecule has 0 radical (unpaired) electrons. The number of hydrogen-bond acceptors (Lipinski definition) is 1. The van der Waals surface area contributed by atoms with Gasteiger partial charge < -0.3 is 8.65 Å². The van der Waals surface area contributed by atoms with Crippen LogP contribution in [0.5, 0.6) is 0 Å². The molecule has 82 valence electrons. The molecule has 0 spiro atoms. The number of nitrogens with zero attached hydrogens (tertiary/aromatic N) is 1. The van der Waals surface area contributed by atoms with Crippen LogP contribution in [0.2, 0.25) is 19.6 Å². The first-order valence-corrected chi connectivity index (χ1v) is 9.01. The summed E-state index contributed by atoms with van der Waals surface area (Å²) in [5, 5.41) is 1.23. The molecule has 3 rings (SSSR count). The summed E-state index contributed by atoms with van der Waals surface area (Å²) in [6.07, 6.45) is 1.79. The Kier molecular flexibility index (Phi) is 1.83. The van der Waals surface area contributed by atoms with Crippen molar-refractivity contribution in [1.29, 1.82) is 0 Å². The first kappa shape index (κ1) is 9.72. The third kappa shape index (κ3) is 1.18. The molecule has 0 atom stereocenters. The first-order valence-electron chi connectivity index (χ1n) is 5.56. The fourth-order valence-electron chi connectivity index (χ4n) is 2.39. The average Bonchev–Trinajstić information content (AvgIpc) is 2.73. The summed E-state index contributed by atoms with van der Waals surface area (Å²) >= 11 is 0. The number of aromatic nitrogens is 1. The highest BCUT2D eigenvalue weighted by Crippen LogP contribution is 2.32. The maximum Gasteiger partial charge on any atom is 0.158 e. The summed E-state index contributed by atoms with van der Waals surface area (Å²) in [4.78, 5) is 0. The van der Waals surface area contributed by atoms with Gasteiger partial charge in [-0.2, -0.15) is 0 Å². The van der Waals surface area contributed by atoms with Crippen LogP contribution in [0.1, 0.15) is 0 Å². The fourth-order valence-corrected chi connectivity index (χ4v) is 4.21. The molecule has 0 amide bonds. The van der Waals surface area contributed by atoms with Crippen molar-refractivity contribution in [3.05, 3.63) is 36.6 Å². The molecule has 2 heterocycles. The van der Waals surface area contributed by atoms with E-state index in [2.05, 4.69) is 54.2 Å². The van der Waals surface area contributed by atoms with E-state index in [0.717, 1.165) is 5.58 Å². The molecule has 16 heavy (non-hydrogen) atoms. The number of benzene rings is 1. The van der Waals surface area contributed by atoms with Gasteiger partial charge in [-0.3, -0.25) is 0 Å². The molecule has 0 fully saturated rings. The highest BCUT2D eigenvalue weighted by atomic mass is 28.3. The lowest BCUT2D eigenvalue weighted by molar-refractivity contribution is 0.619. The lowest BCUT2D eigenvalue weighted by Crippen LogP contribution is -2.31. The Morgan fingerprint density at radius 3 is 2.50 bits per heavy atom. The molecule has 0 saturated heterocycles. The van der Waals surface area contributed by atoms with Crippen LogP contribution in [0.3, 0.4) is 0 Å². The van der Waals surface area contributed by atoms with E-state index >= 15 is 0 Å². The molecule has 3 aromatic rings. The maximum absolute atomic E-state index is 5.61. The second kappa shape index (κ2) is 3.01. The fraction of sp³-hybridized carbons (Fsp3) is 0.231. The Morgan fingerprint density at radius 1 is 1.00 bits per heavy atom. The van der Waals surface area contributed by atoms with Crippen molar-refractivity contribution in [3.63, 3.8) is 0 Å². The minimum atomic E-state index is -1.42. The van der Waals surface area contributed by atoms with Gasteiger partial charge in [0.2, 0.25) is 0 Å². The summed E-state index contributed by atoms with van der Waals surface area (Å²) < 4.78 is 8.08. The van der Waals surface area contributed by atoms with E-state index in [4.69, 9.17) is 4.42 Å². The van der Waals surface area contributed by atoms with Gasteiger partial charge in [0, 0.05) is 17.0 Å². The predicted molar refractivity (Wildman–Crippen MR) is 70.5 cm³/mol. The standard InChI is InChI=1S/C13H15NOSi/c1-16(2,3)14-11-7-5-4-6-10(11)13-12(14)8-9-15-13/h4-9H,1-3H3. The summed E-state index contributed by atoms with van der Waals surface area (Å²) in [5.74, 6) is 0. The molecule has 0 aliphatic rings. The predicted octanol–water partition coefficient (Wildman–Crippen LogP) is 4.07. The molecule has 3 heteroatoms. The van der Waals surface area contributed by atoms with Crippen LogP contribution in [-0.2, 0) is 0 Å². The second-order valence-corrected chi connectivity index (χ2v) is 9.95. The monoisotopic (exact) mass is 229 g/mol. The first-order chi connectivity index (χ1) is 7.59. The highest BCUT2D eigenvalue weighted by molar-refractivity contribution is 6.76. The van der Waals surface area contributed by atoms with Crippen molar-refractivity contribution in [3.8, 4) is 0 Å². The molecule has 1 aromatic carbocycles. The van der Waals surface area contributed by atoms with Gasteiger partial charge in [0.1, 0.15) is 0 Å². The van der Waals surface area contributed by atoms with E-state index in [9.17, 15) is 0 Å². The number of furan rings is 1. The molecule has 0 saturated carbocycles. The molecular weight excluding hydrogens is 214 g/mol. The largest absolute Gasteiger partial charge is 0.462 e. The maximum atomic E-state index is 5.61. The van der Waals surface area contributed by atoms with Crippen molar-refractivity contribution in [2.24, 2.45) is 0 Å². The second-order valence-electron chi connectivity index (χ2n) is 5.16. The van der Waals surface area contributed by atoms with Gasteiger partial charge in [0.05, 0.1) is 11.8 Å². The van der Waals surface area contributed by atoms with E-state index in [1.165, 1.54) is 16.4 Å². The average molecular weight is 229 g/mol. The van der Waals surface area contributed by atoms with E-state index in [1.807, 2.05) is 0 Å². The highest BCUT2D eigenvalue weighted by Gasteiger charge is 2.23. The molecule has 2 aromatic heterocycles. The van der Waals surface area contributed by atoms with Gasteiger partial charge in [0.25, 0.3) is 0 Å². The van der Waals surface area contributed by atoms with Gasteiger partial charge in [0.15, 0.2) is 13.8 Å². The zero-order valence-corrected chi connectivity index (χ0v) is 10.8. The van der Waals surface area contributed by atoms with Gasteiger partial charge >= 0.3 is 0 Å². The van der Waals surface area contributed by atoms with Gasteiger partial charge in [-0.15, -0.1) is 0 Å². The Bertz CT molecular complexity index is 657. The lowest BCUT2D eigenvalue weighted by Gasteiger charge is -2.20. The minimum absolute atomic E-state index is 1.03. The number of rotatable bonds is 1. The van der Waals surface area contributed by atoms with Gasteiger partial charge in [-0.25, -0.2) is 0 Å². The summed E-state index contributed by atoms with van der Waals surface area (Å²) in [6, 6.07) is 10.6. The zero-order valence-electron chi connectivity index (χ0n) is 9.82. The molecule has 0 bridgehead atoms. The molecule has 0 N–H and O–H groups in total. The molecule has 2 nitrogen and oxygen atoms in total. The van der Waals surface area contributed by atoms with E-state index < -0.39 is 8.24 Å². The number of hydrogen-bond donors (Lipinski definition) is 0. The Morgan fingerprint density at radius 2 is 1.75 bits per heavy atom. The molecule has 0 unspecified atom stereocenters. The van der Waals surface area contributed by atoms with Crippen LogP contribution in [0.15, 0.2) is 41.0 Å². The van der Waals surface area contributed by atoms with Crippen molar-refractivity contribution < 1.29 is 4.42 Å². The summed E-state index contributed by atoms with van der Waals surface area (Å²) in [6.45, 7) is 7.06. The lowest BCUT2D eigenvalue weighted by atomic mass is 10.2. The van der Waals surface area contributed by atoms with Crippen molar-refractivity contribution in [1.82, 2.24) is 4.23 Å². The van der Waals surface area contributed by atoms with Crippen LogP contribution in [-0.4, -0.2) is 12.5 Å². The summed E-state index contributed by atoms with van der Waals surface area (Å²) in [7, 11) is -1.42. The Labute approximate surface area is 95.6 Å². The van der Waals surface area contributed by atoms with E-state index in [-0.39, 0.29) is 0 Å². The Balaban J connectivity index is 2.58. The van der Waals surface area contributed by atoms with Gasteiger partial charge in [-0.1, -0.05) is 31.8 Å². The zero-order chi connectivity index (χ0) is 11.3. The van der Waals surface area contributed by atoms with Crippen molar-refractivity contribution in [2.45, 2.75) is 19.6 Å². The van der Waals surface area contributed by atoms with Crippen molar-refractivity contribution in [2.75, 3.05) is 0 Å². The molecule has 0 aliphatic carbocycles. The normalized spacial score (nSPS) is 12.7. The minimum Gasteiger partial charge on any atom is -0.462 e. The quantitative estimate of drug-likeness (QED) is 0.575. The number of fused-ring (bicyclic) bond motifs is 3.